The second-order valence-electron chi connectivity index (χ2n) is 5.33. The lowest BCUT2D eigenvalue weighted by Crippen LogP contribution is -2.24. The molecule has 2 N–H and O–H groups in total. The van der Waals surface area contributed by atoms with Gasteiger partial charge in [0.2, 0.25) is 17.8 Å². The van der Waals surface area contributed by atoms with Crippen LogP contribution in [0.25, 0.3) is 0 Å². The summed E-state index contributed by atoms with van der Waals surface area (Å²) in [6.07, 6.45) is 3.32. The molecule has 118 valence electrons. The van der Waals surface area contributed by atoms with E-state index in [4.69, 9.17) is 4.74 Å². The Labute approximate surface area is 126 Å². The molecule has 2 rings (SSSR count). The van der Waals surface area contributed by atoms with Gasteiger partial charge in [-0.3, -0.25) is 0 Å². The molecule has 1 aliphatic rings. The molecule has 0 saturated carbocycles. The molecular weight excluding hydrogens is 268 g/mol. The molecule has 0 aliphatic carbocycles. The first-order valence-electron chi connectivity index (χ1n) is 7.73. The summed E-state index contributed by atoms with van der Waals surface area (Å²) in [5.41, 5.74) is 0. The Morgan fingerprint density at radius 3 is 2.57 bits per heavy atom. The first kappa shape index (κ1) is 15.8. The normalized spacial score (nSPS) is 16.0. The van der Waals surface area contributed by atoms with Crippen molar-refractivity contribution in [3.63, 3.8) is 0 Å². The van der Waals surface area contributed by atoms with Crippen LogP contribution in [0.2, 0.25) is 0 Å². The fraction of sp³-hybridized carbons (Fsp3) is 0.786. The summed E-state index contributed by atoms with van der Waals surface area (Å²) in [6, 6.07) is 0.258. The molecule has 1 fully saturated rings. The molecule has 1 aromatic rings. The van der Waals surface area contributed by atoms with Crippen LogP contribution in [0.4, 0.5) is 17.8 Å². The van der Waals surface area contributed by atoms with Gasteiger partial charge in [0.15, 0.2) is 0 Å². The van der Waals surface area contributed by atoms with Gasteiger partial charge in [0, 0.05) is 39.4 Å². The molecule has 0 bridgehead atoms. The topological polar surface area (TPSA) is 75.2 Å². The summed E-state index contributed by atoms with van der Waals surface area (Å²) >= 11 is 0. The molecule has 7 nitrogen and oxygen atoms in total. The van der Waals surface area contributed by atoms with Crippen molar-refractivity contribution in [2.45, 2.75) is 39.2 Å². The van der Waals surface area contributed by atoms with Crippen LogP contribution < -0.4 is 15.5 Å². The van der Waals surface area contributed by atoms with Gasteiger partial charge in [0.25, 0.3) is 0 Å². The first-order chi connectivity index (χ1) is 10.2. The van der Waals surface area contributed by atoms with Crippen molar-refractivity contribution in [2.75, 3.05) is 48.9 Å². The van der Waals surface area contributed by atoms with Gasteiger partial charge in [0.05, 0.1) is 0 Å². The molecule has 0 spiro atoms. The van der Waals surface area contributed by atoms with Crippen molar-refractivity contribution >= 4 is 17.8 Å². The number of nitrogens with zero attached hydrogens (tertiary/aromatic N) is 4. The zero-order chi connectivity index (χ0) is 15.1. The summed E-state index contributed by atoms with van der Waals surface area (Å²) in [7, 11) is 1.71. The molecule has 7 heteroatoms. The minimum Gasteiger partial charge on any atom is -0.385 e. The average molecular weight is 294 g/mol. The fourth-order valence-electron chi connectivity index (χ4n) is 2.31. The van der Waals surface area contributed by atoms with Gasteiger partial charge in [-0.05, 0) is 33.1 Å². The van der Waals surface area contributed by atoms with Gasteiger partial charge >= 0.3 is 0 Å². The summed E-state index contributed by atoms with van der Waals surface area (Å²) < 4.78 is 5.10. The number of methoxy groups -OCH3 is 1. The summed E-state index contributed by atoms with van der Waals surface area (Å²) in [5.74, 6) is 2.03. The number of rotatable bonds is 8. The SMILES string of the molecule is CCNc1nc(NC(C)CCOC)nc(N2CCCC2)n1. The Morgan fingerprint density at radius 1 is 1.19 bits per heavy atom. The number of nitrogens with one attached hydrogen (secondary N) is 2. The molecule has 0 aromatic carbocycles. The summed E-state index contributed by atoms with van der Waals surface area (Å²) in [4.78, 5) is 15.7. The van der Waals surface area contributed by atoms with Crippen LogP contribution in [-0.4, -0.2) is 54.3 Å². The van der Waals surface area contributed by atoms with E-state index >= 15 is 0 Å². The molecule has 0 radical (unpaired) electrons. The van der Waals surface area contributed by atoms with Gasteiger partial charge in [0.1, 0.15) is 0 Å². The fourth-order valence-corrected chi connectivity index (χ4v) is 2.31. The maximum absolute atomic E-state index is 5.10. The van der Waals surface area contributed by atoms with E-state index in [1.165, 1.54) is 12.8 Å². The number of hydrogen-bond acceptors (Lipinski definition) is 7. The summed E-state index contributed by atoms with van der Waals surface area (Å²) in [6.45, 7) is 7.70. The molecule has 1 unspecified atom stereocenters. The molecule has 1 aliphatic heterocycles. The van der Waals surface area contributed by atoms with E-state index in [0.29, 0.717) is 11.9 Å². The van der Waals surface area contributed by atoms with E-state index in [9.17, 15) is 0 Å². The number of aromatic nitrogens is 3. The molecular formula is C14H26N6O. The Hall–Kier alpha value is -1.63. The second kappa shape index (κ2) is 7.97. The highest BCUT2D eigenvalue weighted by molar-refractivity contribution is 5.44. The van der Waals surface area contributed by atoms with Crippen molar-refractivity contribution in [3.05, 3.63) is 0 Å². The smallest absolute Gasteiger partial charge is 0.231 e. The maximum atomic E-state index is 5.10. The van der Waals surface area contributed by atoms with Crippen LogP contribution in [0.5, 0.6) is 0 Å². The van der Waals surface area contributed by atoms with E-state index in [1.807, 2.05) is 6.92 Å². The Morgan fingerprint density at radius 2 is 1.90 bits per heavy atom. The molecule has 1 aromatic heterocycles. The lowest BCUT2D eigenvalue weighted by atomic mass is 10.2. The van der Waals surface area contributed by atoms with E-state index in [2.05, 4.69) is 37.4 Å². The predicted molar refractivity (Wildman–Crippen MR) is 85.0 cm³/mol. The van der Waals surface area contributed by atoms with Gasteiger partial charge in [-0.15, -0.1) is 0 Å². The predicted octanol–water partition coefficient (Wildman–Crippen LogP) is 1.74. The molecule has 1 saturated heterocycles. The molecule has 21 heavy (non-hydrogen) atoms. The average Bonchev–Trinajstić information content (AvgIpc) is 2.99. The Bertz CT molecular complexity index is 435. The number of ether oxygens (including phenoxy) is 1. The van der Waals surface area contributed by atoms with Crippen LogP contribution in [0.1, 0.15) is 33.1 Å². The standard InChI is InChI=1S/C14H26N6O/c1-4-15-12-17-13(16-11(2)7-10-21-3)19-14(18-12)20-8-5-6-9-20/h11H,4-10H2,1-3H3,(H2,15,16,17,18,19). The van der Waals surface area contributed by atoms with E-state index in [1.54, 1.807) is 7.11 Å². The highest BCUT2D eigenvalue weighted by Gasteiger charge is 2.17. The van der Waals surface area contributed by atoms with Crippen molar-refractivity contribution in [1.82, 2.24) is 15.0 Å². The second-order valence-corrected chi connectivity index (χ2v) is 5.33. The Balaban J connectivity index is 2.10. The maximum Gasteiger partial charge on any atom is 0.231 e. The minimum atomic E-state index is 0.258. The number of hydrogen-bond donors (Lipinski definition) is 2. The largest absolute Gasteiger partial charge is 0.385 e. The van der Waals surface area contributed by atoms with E-state index < -0.39 is 0 Å². The third kappa shape index (κ3) is 4.70. The number of anilines is 3. The van der Waals surface area contributed by atoms with Crippen molar-refractivity contribution in [1.29, 1.82) is 0 Å². The minimum absolute atomic E-state index is 0.258. The zero-order valence-electron chi connectivity index (χ0n) is 13.2. The van der Waals surface area contributed by atoms with E-state index in [0.717, 1.165) is 38.6 Å². The quantitative estimate of drug-likeness (QED) is 0.756. The molecule has 0 amide bonds. The van der Waals surface area contributed by atoms with Crippen LogP contribution in [-0.2, 0) is 4.74 Å². The first-order valence-corrected chi connectivity index (χ1v) is 7.73. The van der Waals surface area contributed by atoms with Gasteiger partial charge in [-0.2, -0.15) is 15.0 Å². The van der Waals surface area contributed by atoms with Gasteiger partial charge in [-0.1, -0.05) is 0 Å². The Kier molecular flexibility index (Phi) is 5.98. The van der Waals surface area contributed by atoms with Crippen LogP contribution >= 0.6 is 0 Å². The third-order valence-electron chi connectivity index (χ3n) is 3.48. The van der Waals surface area contributed by atoms with Gasteiger partial charge < -0.3 is 20.3 Å². The highest BCUT2D eigenvalue weighted by Crippen LogP contribution is 2.19. The van der Waals surface area contributed by atoms with Crippen molar-refractivity contribution < 1.29 is 4.74 Å². The summed E-state index contributed by atoms with van der Waals surface area (Å²) in [5, 5.41) is 6.51. The van der Waals surface area contributed by atoms with Crippen molar-refractivity contribution in [2.24, 2.45) is 0 Å². The lowest BCUT2D eigenvalue weighted by Gasteiger charge is -2.18. The monoisotopic (exact) mass is 294 g/mol. The lowest BCUT2D eigenvalue weighted by molar-refractivity contribution is 0.191. The third-order valence-corrected chi connectivity index (χ3v) is 3.48. The van der Waals surface area contributed by atoms with Crippen LogP contribution in [0.15, 0.2) is 0 Å². The van der Waals surface area contributed by atoms with Crippen molar-refractivity contribution in [3.8, 4) is 0 Å². The van der Waals surface area contributed by atoms with Crippen LogP contribution in [0, 0.1) is 0 Å². The highest BCUT2D eigenvalue weighted by atomic mass is 16.5. The molecule has 1 atom stereocenters. The van der Waals surface area contributed by atoms with Crippen LogP contribution in [0.3, 0.4) is 0 Å². The zero-order valence-corrected chi connectivity index (χ0v) is 13.2. The molecule has 2 heterocycles. The van der Waals surface area contributed by atoms with Gasteiger partial charge in [-0.25, -0.2) is 0 Å². The van der Waals surface area contributed by atoms with E-state index in [-0.39, 0.29) is 6.04 Å².